The molecule has 0 aromatic carbocycles. The summed E-state index contributed by atoms with van der Waals surface area (Å²) in [6.45, 7) is 1.12. The van der Waals surface area contributed by atoms with E-state index in [0.717, 1.165) is 18.6 Å². The van der Waals surface area contributed by atoms with Gasteiger partial charge in [-0.15, -0.1) is 0 Å². The molecular formula is C12H20N2O3S. The van der Waals surface area contributed by atoms with E-state index in [9.17, 15) is 9.59 Å². The van der Waals surface area contributed by atoms with Crippen LogP contribution >= 0.6 is 11.8 Å². The molecule has 2 saturated heterocycles. The molecular weight excluding hydrogens is 252 g/mol. The minimum atomic E-state index is -0.737. The molecule has 0 radical (unpaired) electrons. The van der Waals surface area contributed by atoms with Crippen molar-refractivity contribution in [2.24, 2.45) is 5.92 Å². The molecule has 0 saturated carbocycles. The van der Waals surface area contributed by atoms with Crippen molar-refractivity contribution >= 4 is 23.8 Å². The predicted octanol–water partition coefficient (Wildman–Crippen LogP) is 1.39. The summed E-state index contributed by atoms with van der Waals surface area (Å²) < 4.78 is 0. The summed E-state index contributed by atoms with van der Waals surface area (Å²) in [5, 5.41) is 12.0. The van der Waals surface area contributed by atoms with Crippen molar-refractivity contribution in [2.45, 2.75) is 31.7 Å². The second-order valence-electron chi connectivity index (χ2n) is 4.96. The van der Waals surface area contributed by atoms with Crippen LogP contribution in [0.5, 0.6) is 0 Å². The summed E-state index contributed by atoms with van der Waals surface area (Å²) in [4.78, 5) is 24.6. The second kappa shape index (κ2) is 6.31. The lowest BCUT2D eigenvalue weighted by molar-refractivity contribution is -0.143. The van der Waals surface area contributed by atoms with E-state index >= 15 is 0 Å². The number of piperidine rings is 1. The first-order valence-electron chi connectivity index (χ1n) is 6.53. The first-order chi connectivity index (χ1) is 8.66. The summed E-state index contributed by atoms with van der Waals surface area (Å²) in [7, 11) is 0. The summed E-state index contributed by atoms with van der Waals surface area (Å²) in [6, 6.07) is 0.264. The van der Waals surface area contributed by atoms with Gasteiger partial charge in [0.15, 0.2) is 0 Å². The molecule has 2 N–H and O–H groups in total. The number of aliphatic carboxylic acids is 1. The van der Waals surface area contributed by atoms with Crippen molar-refractivity contribution in [3.8, 4) is 0 Å². The van der Waals surface area contributed by atoms with Crippen LogP contribution in [-0.4, -0.2) is 52.6 Å². The Balaban J connectivity index is 1.75. The Labute approximate surface area is 111 Å². The molecule has 6 heteroatoms. The van der Waals surface area contributed by atoms with Crippen LogP contribution in [0.3, 0.4) is 0 Å². The molecule has 0 aromatic heterocycles. The lowest BCUT2D eigenvalue weighted by Crippen LogP contribution is -2.49. The molecule has 2 aliphatic rings. The fourth-order valence-electron chi connectivity index (χ4n) is 2.45. The summed E-state index contributed by atoms with van der Waals surface area (Å²) in [5.41, 5.74) is 0. The Morgan fingerprint density at radius 3 is 2.50 bits per heavy atom. The Hall–Kier alpha value is -0.910. The van der Waals surface area contributed by atoms with Crippen LogP contribution in [0.1, 0.15) is 25.7 Å². The van der Waals surface area contributed by atoms with Crippen LogP contribution in [0, 0.1) is 5.92 Å². The maximum absolute atomic E-state index is 12.0. The van der Waals surface area contributed by atoms with Gasteiger partial charge in [0, 0.05) is 24.9 Å². The number of likely N-dealkylation sites (tertiary alicyclic amines) is 1. The Bertz CT molecular complexity index is 310. The van der Waals surface area contributed by atoms with Crippen molar-refractivity contribution in [3.05, 3.63) is 0 Å². The number of rotatable bonds is 2. The smallest absolute Gasteiger partial charge is 0.317 e. The summed E-state index contributed by atoms with van der Waals surface area (Å²) in [5.74, 6) is 1.17. The third-order valence-electron chi connectivity index (χ3n) is 3.62. The van der Waals surface area contributed by atoms with Gasteiger partial charge in [0.1, 0.15) is 0 Å². The van der Waals surface area contributed by atoms with Gasteiger partial charge < -0.3 is 15.3 Å². The molecule has 0 aromatic rings. The molecule has 102 valence electrons. The maximum Gasteiger partial charge on any atom is 0.317 e. The van der Waals surface area contributed by atoms with Gasteiger partial charge in [0.25, 0.3) is 0 Å². The number of carboxylic acid groups (broad SMARTS) is 1. The standard InChI is InChI=1S/C12H20N2O3S/c15-11(16)9-3-5-14(6-4-9)12(17)13-10-2-1-7-18-8-10/h9-10H,1-8H2,(H,13,17)(H,15,16). The van der Waals surface area contributed by atoms with Crippen LogP contribution < -0.4 is 5.32 Å². The quantitative estimate of drug-likeness (QED) is 0.797. The molecule has 1 atom stereocenters. The number of carbonyl (C=O) groups is 2. The van der Waals surface area contributed by atoms with E-state index in [1.807, 2.05) is 11.8 Å². The van der Waals surface area contributed by atoms with Crippen molar-refractivity contribution < 1.29 is 14.7 Å². The number of nitrogens with one attached hydrogen (secondary N) is 1. The van der Waals surface area contributed by atoms with Gasteiger partial charge in [0.2, 0.25) is 0 Å². The number of hydrogen-bond acceptors (Lipinski definition) is 3. The van der Waals surface area contributed by atoms with Crippen molar-refractivity contribution in [2.75, 3.05) is 24.6 Å². The molecule has 0 spiro atoms. The zero-order valence-corrected chi connectivity index (χ0v) is 11.2. The molecule has 0 bridgehead atoms. The molecule has 2 rings (SSSR count). The van der Waals surface area contributed by atoms with Crippen LogP contribution in [0.15, 0.2) is 0 Å². The van der Waals surface area contributed by atoms with E-state index < -0.39 is 5.97 Å². The maximum atomic E-state index is 12.0. The fourth-order valence-corrected chi connectivity index (χ4v) is 3.52. The van der Waals surface area contributed by atoms with E-state index in [0.29, 0.717) is 25.9 Å². The minimum absolute atomic E-state index is 0.0219. The van der Waals surface area contributed by atoms with Gasteiger partial charge in [-0.2, -0.15) is 11.8 Å². The zero-order valence-electron chi connectivity index (χ0n) is 10.4. The Kier molecular flexibility index (Phi) is 4.74. The predicted molar refractivity (Wildman–Crippen MR) is 70.8 cm³/mol. The van der Waals surface area contributed by atoms with E-state index in [1.165, 1.54) is 5.75 Å². The molecule has 0 aliphatic carbocycles. The molecule has 2 heterocycles. The van der Waals surface area contributed by atoms with Gasteiger partial charge in [-0.25, -0.2) is 4.79 Å². The van der Waals surface area contributed by atoms with Crippen LogP contribution in [0.4, 0.5) is 4.79 Å². The molecule has 2 amide bonds. The molecule has 2 aliphatic heterocycles. The van der Waals surface area contributed by atoms with Crippen molar-refractivity contribution in [1.82, 2.24) is 10.2 Å². The largest absolute Gasteiger partial charge is 0.481 e. The van der Waals surface area contributed by atoms with Crippen LogP contribution in [-0.2, 0) is 4.79 Å². The van der Waals surface area contributed by atoms with Crippen LogP contribution in [0.2, 0.25) is 0 Å². The monoisotopic (exact) mass is 272 g/mol. The number of hydrogen-bond donors (Lipinski definition) is 2. The number of carboxylic acids is 1. The topological polar surface area (TPSA) is 69.6 Å². The number of amides is 2. The lowest BCUT2D eigenvalue weighted by atomic mass is 9.97. The molecule has 18 heavy (non-hydrogen) atoms. The normalized spacial score (nSPS) is 25.8. The number of nitrogens with zero attached hydrogens (tertiary/aromatic N) is 1. The van der Waals surface area contributed by atoms with E-state index in [-0.39, 0.29) is 18.0 Å². The highest BCUT2D eigenvalue weighted by Crippen LogP contribution is 2.19. The van der Waals surface area contributed by atoms with Crippen molar-refractivity contribution in [3.63, 3.8) is 0 Å². The van der Waals surface area contributed by atoms with E-state index in [1.54, 1.807) is 4.90 Å². The number of thioether (sulfide) groups is 1. The second-order valence-corrected chi connectivity index (χ2v) is 6.11. The Morgan fingerprint density at radius 1 is 1.22 bits per heavy atom. The molecule has 2 fully saturated rings. The molecule has 5 nitrogen and oxygen atoms in total. The summed E-state index contributed by atoms with van der Waals surface area (Å²) >= 11 is 1.89. The SMILES string of the molecule is O=C(O)C1CCN(C(=O)NC2CCCSC2)CC1. The van der Waals surface area contributed by atoms with E-state index in [4.69, 9.17) is 5.11 Å². The highest BCUT2D eigenvalue weighted by molar-refractivity contribution is 7.99. The highest BCUT2D eigenvalue weighted by atomic mass is 32.2. The van der Waals surface area contributed by atoms with Gasteiger partial charge in [0.05, 0.1) is 5.92 Å². The van der Waals surface area contributed by atoms with Gasteiger partial charge >= 0.3 is 12.0 Å². The van der Waals surface area contributed by atoms with E-state index in [2.05, 4.69) is 5.32 Å². The third-order valence-corrected chi connectivity index (χ3v) is 4.83. The highest BCUT2D eigenvalue weighted by Gasteiger charge is 2.28. The van der Waals surface area contributed by atoms with Crippen molar-refractivity contribution in [1.29, 1.82) is 0 Å². The first-order valence-corrected chi connectivity index (χ1v) is 7.68. The summed E-state index contributed by atoms with van der Waals surface area (Å²) in [6.07, 6.45) is 3.37. The molecule has 1 unspecified atom stereocenters. The third kappa shape index (κ3) is 3.54. The zero-order chi connectivity index (χ0) is 13.0. The number of urea groups is 1. The Morgan fingerprint density at radius 2 is 1.94 bits per heavy atom. The van der Waals surface area contributed by atoms with Gasteiger partial charge in [-0.3, -0.25) is 4.79 Å². The lowest BCUT2D eigenvalue weighted by Gasteiger charge is -2.32. The van der Waals surface area contributed by atoms with Gasteiger partial charge in [-0.1, -0.05) is 0 Å². The first kappa shape index (κ1) is 13.5. The average Bonchev–Trinajstić information content (AvgIpc) is 2.40. The minimum Gasteiger partial charge on any atom is -0.481 e. The fraction of sp³-hybridized carbons (Fsp3) is 0.833. The van der Waals surface area contributed by atoms with Crippen LogP contribution in [0.25, 0.3) is 0 Å². The van der Waals surface area contributed by atoms with Gasteiger partial charge in [-0.05, 0) is 31.4 Å². The number of carbonyl (C=O) groups excluding carboxylic acids is 1. The average molecular weight is 272 g/mol.